The molecule has 3 heteroatoms. The van der Waals surface area contributed by atoms with Crippen LogP contribution in [0.15, 0.2) is 24.3 Å². The molecule has 0 unspecified atom stereocenters. The maximum Gasteiger partial charge on any atom is 0.130 e. The molecule has 1 aromatic rings. The van der Waals surface area contributed by atoms with Gasteiger partial charge in [0.1, 0.15) is 5.17 Å². The number of anilines is 1. The van der Waals surface area contributed by atoms with Gasteiger partial charge in [-0.05, 0) is 19.1 Å². The van der Waals surface area contributed by atoms with Gasteiger partial charge < -0.3 is 5.32 Å². The summed E-state index contributed by atoms with van der Waals surface area (Å²) < 4.78 is 0. The molecule has 0 aliphatic heterocycles. The molecule has 1 rings (SSSR count). The van der Waals surface area contributed by atoms with Crippen LogP contribution in [-0.2, 0) is 0 Å². The molecule has 0 aliphatic rings. The maximum atomic E-state index is 7.28. The zero-order valence-electron chi connectivity index (χ0n) is 6.89. The van der Waals surface area contributed by atoms with Crippen LogP contribution in [0.2, 0.25) is 0 Å². The molecule has 0 amide bonds. The van der Waals surface area contributed by atoms with Crippen LogP contribution in [0.5, 0.6) is 0 Å². The van der Waals surface area contributed by atoms with E-state index in [0.29, 0.717) is 0 Å². The maximum absolute atomic E-state index is 7.28. The van der Waals surface area contributed by atoms with Gasteiger partial charge >= 0.3 is 0 Å². The lowest BCUT2D eigenvalue weighted by Gasteiger charge is -2.07. The Kier molecular flexibility index (Phi) is 3.11. The van der Waals surface area contributed by atoms with Gasteiger partial charge in [-0.2, -0.15) is 0 Å². The molecule has 0 atom stereocenters. The first-order valence-corrected chi connectivity index (χ1v) is 4.20. The largest absolute Gasteiger partial charge is 0.385 e. The highest BCUT2D eigenvalue weighted by atomic mass is 35.5. The van der Waals surface area contributed by atoms with E-state index in [1.807, 2.05) is 31.2 Å². The number of benzene rings is 1. The first-order valence-electron chi connectivity index (χ1n) is 3.83. The Labute approximate surface area is 77.1 Å². The standard InChI is InChI=1S/C9H11ClN2/c1-2-12-8-6-4-3-5-7(8)9(10)11/h3-6,11-12H,2H2,1H3. The van der Waals surface area contributed by atoms with Crippen molar-refractivity contribution in [2.24, 2.45) is 0 Å². The fraction of sp³-hybridized carbons (Fsp3) is 0.222. The van der Waals surface area contributed by atoms with E-state index in [1.54, 1.807) is 0 Å². The summed E-state index contributed by atoms with van der Waals surface area (Å²) in [6.45, 7) is 2.84. The van der Waals surface area contributed by atoms with Crippen LogP contribution in [-0.4, -0.2) is 11.7 Å². The fourth-order valence-electron chi connectivity index (χ4n) is 1.02. The molecule has 0 spiro atoms. The predicted octanol–water partition coefficient (Wildman–Crippen LogP) is 2.68. The molecule has 0 fully saturated rings. The van der Waals surface area contributed by atoms with Crippen molar-refractivity contribution in [2.75, 3.05) is 11.9 Å². The topological polar surface area (TPSA) is 35.9 Å². The van der Waals surface area contributed by atoms with Crippen LogP contribution in [0.4, 0.5) is 5.69 Å². The summed E-state index contributed by atoms with van der Waals surface area (Å²) in [6.07, 6.45) is 0. The van der Waals surface area contributed by atoms with Crippen molar-refractivity contribution in [3.05, 3.63) is 29.8 Å². The lowest BCUT2D eigenvalue weighted by molar-refractivity contribution is 1.21. The zero-order valence-corrected chi connectivity index (χ0v) is 7.65. The number of para-hydroxylation sites is 1. The summed E-state index contributed by atoms with van der Waals surface area (Å²) in [5.74, 6) is 0. The number of hydrogen-bond donors (Lipinski definition) is 2. The third kappa shape index (κ3) is 1.98. The molecular weight excluding hydrogens is 172 g/mol. The Bertz CT molecular complexity index is 284. The minimum absolute atomic E-state index is 0.0755. The van der Waals surface area contributed by atoms with Gasteiger partial charge in [-0.1, -0.05) is 23.7 Å². The third-order valence-electron chi connectivity index (χ3n) is 1.53. The van der Waals surface area contributed by atoms with Crippen LogP contribution < -0.4 is 5.32 Å². The predicted molar refractivity (Wildman–Crippen MR) is 53.3 cm³/mol. The van der Waals surface area contributed by atoms with Gasteiger partial charge in [0.2, 0.25) is 0 Å². The summed E-state index contributed by atoms with van der Waals surface area (Å²) in [4.78, 5) is 0. The molecule has 0 saturated carbocycles. The summed E-state index contributed by atoms with van der Waals surface area (Å²) in [5.41, 5.74) is 1.67. The molecule has 12 heavy (non-hydrogen) atoms. The molecule has 2 nitrogen and oxygen atoms in total. The number of hydrogen-bond acceptors (Lipinski definition) is 2. The molecule has 0 heterocycles. The van der Waals surface area contributed by atoms with Crippen molar-refractivity contribution in [1.82, 2.24) is 0 Å². The van der Waals surface area contributed by atoms with Gasteiger partial charge in [-0.3, -0.25) is 5.41 Å². The van der Waals surface area contributed by atoms with E-state index in [4.69, 9.17) is 17.0 Å². The SMILES string of the molecule is CCNc1ccccc1C(=N)Cl. The molecule has 2 N–H and O–H groups in total. The zero-order chi connectivity index (χ0) is 8.97. The van der Waals surface area contributed by atoms with Crippen molar-refractivity contribution in [2.45, 2.75) is 6.92 Å². The lowest BCUT2D eigenvalue weighted by Crippen LogP contribution is -2.02. The summed E-state index contributed by atoms with van der Waals surface area (Å²) in [7, 11) is 0. The van der Waals surface area contributed by atoms with Crippen LogP contribution in [0.25, 0.3) is 0 Å². The summed E-state index contributed by atoms with van der Waals surface area (Å²) >= 11 is 5.59. The van der Waals surface area contributed by atoms with Crippen LogP contribution >= 0.6 is 11.6 Å². The second-order valence-corrected chi connectivity index (χ2v) is 2.77. The molecule has 0 bridgehead atoms. The van der Waals surface area contributed by atoms with E-state index in [2.05, 4.69) is 5.32 Å². The van der Waals surface area contributed by atoms with Gasteiger partial charge in [-0.25, -0.2) is 0 Å². The van der Waals surface area contributed by atoms with E-state index in [-0.39, 0.29) is 5.17 Å². The van der Waals surface area contributed by atoms with Crippen LogP contribution in [0, 0.1) is 5.41 Å². The van der Waals surface area contributed by atoms with Gasteiger partial charge in [0.15, 0.2) is 0 Å². The van der Waals surface area contributed by atoms with Gasteiger partial charge in [-0.15, -0.1) is 0 Å². The highest BCUT2D eigenvalue weighted by Crippen LogP contribution is 2.16. The van der Waals surface area contributed by atoms with Gasteiger partial charge in [0.05, 0.1) is 0 Å². The molecule has 1 aromatic carbocycles. The molecule has 64 valence electrons. The molecule has 0 radical (unpaired) electrons. The fourth-order valence-corrected chi connectivity index (χ4v) is 1.18. The number of nitrogens with one attached hydrogen (secondary N) is 2. The molecular formula is C9H11ClN2. The average molecular weight is 183 g/mol. The monoisotopic (exact) mass is 182 g/mol. The Morgan fingerprint density at radius 3 is 2.75 bits per heavy atom. The smallest absolute Gasteiger partial charge is 0.130 e. The number of halogens is 1. The Balaban J connectivity index is 3.00. The minimum Gasteiger partial charge on any atom is -0.385 e. The first-order chi connectivity index (χ1) is 5.75. The molecule has 0 saturated heterocycles. The second kappa shape index (κ2) is 4.12. The van der Waals surface area contributed by atoms with E-state index in [0.717, 1.165) is 17.8 Å². The normalized spacial score (nSPS) is 9.50. The van der Waals surface area contributed by atoms with Gasteiger partial charge in [0.25, 0.3) is 0 Å². The van der Waals surface area contributed by atoms with Gasteiger partial charge in [0, 0.05) is 17.8 Å². The van der Waals surface area contributed by atoms with Crippen molar-refractivity contribution in [1.29, 1.82) is 5.41 Å². The van der Waals surface area contributed by atoms with Crippen LogP contribution in [0.1, 0.15) is 12.5 Å². The molecule has 0 aromatic heterocycles. The average Bonchev–Trinajstić information content (AvgIpc) is 2.05. The minimum atomic E-state index is 0.0755. The Hall–Kier alpha value is -1.02. The third-order valence-corrected chi connectivity index (χ3v) is 1.73. The summed E-state index contributed by atoms with van der Waals surface area (Å²) in [6, 6.07) is 7.53. The first kappa shape index (κ1) is 9.07. The van der Waals surface area contributed by atoms with E-state index in [9.17, 15) is 0 Å². The summed E-state index contributed by atoms with van der Waals surface area (Å²) in [5, 5.41) is 10.5. The highest BCUT2D eigenvalue weighted by Gasteiger charge is 2.02. The Morgan fingerprint density at radius 1 is 1.50 bits per heavy atom. The highest BCUT2D eigenvalue weighted by molar-refractivity contribution is 6.69. The van der Waals surface area contributed by atoms with E-state index in [1.165, 1.54) is 0 Å². The quantitative estimate of drug-likeness (QED) is 0.693. The molecule has 0 aliphatic carbocycles. The number of rotatable bonds is 3. The van der Waals surface area contributed by atoms with Crippen LogP contribution in [0.3, 0.4) is 0 Å². The van der Waals surface area contributed by atoms with Crippen molar-refractivity contribution in [3.63, 3.8) is 0 Å². The van der Waals surface area contributed by atoms with Crippen molar-refractivity contribution >= 4 is 22.5 Å². The van der Waals surface area contributed by atoms with E-state index >= 15 is 0 Å². The van der Waals surface area contributed by atoms with Crippen molar-refractivity contribution < 1.29 is 0 Å². The Morgan fingerprint density at radius 2 is 2.17 bits per heavy atom. The van der Waals surface area contributed by atoms with Crippen molar-refractivity contribution in [3.8, 4) is 0 Å². The second-order valence-electron chi connectivity index (χ2n) is 2.39. The van der Waals surface area contributed by atoms with E-state index < -0.39 is 0 Å². The lowest BCUT2D eigenvalue weighted by atomic mass is 10.2.